The van der Waals surface area contributed by atoms with Crippen LogP contribution in [0.2, 0.25) is 0 Å². The van der Waals surface area contributed by atoms with Crippen LogP contribution >= 0.6 is 0 Å². The van der Waals surface area contributed by atoms with Crippen LogP contribution in [0, 0.1) is 0 Å². The van der Waals surface area contributed by atoms with E-state index in [0.29, 0.717) is 6.42 Å². The zero-order chi connectivity index (χ0) is 15.7. The van der Waals surface area contributed by atoms with E-state index < -0.39 is 25.9 Å². The normalized spacial score (nSPS) is 23.0. The molecule has 21 heavy (non-hydrogen) atoms. The van der Waals surface area contributed by atoms with E-state index in [9.17, 15) is 16.8 Å². The van der Waals surface area contributed by atoms with E-state index in [2.05, 4.69) is 10.0 Å². The molecule has 0 amide bonds. The summed E-state index contributed by atoms with van der Waals surface area (Å²) in [6, 6.07) is 6.14. The predicted octanol–water partition coefficient (Wildman–Crippen LogP) is 0.432. The Kier molecular flexibility index (Phi) is 4.72. The molecule has 118 valence electrons. The first kappa shape index (κ1) is 16.4. The van der Waals surface area contributed by atoms with Crippen LogP contribution in [0.15, 0.2) is 29.2 Å². The summed E-state index contributed by atoms with van der Waals surface area (Å²) in [7, 11) is -5.01. The summed E-state index contributed by atoms with van der Waals surface area (Å²) >= 11 is 0. The molecule has 1 aliphatic heterocycles. The highest BCUT2D eigenvalue weighted by Gasteiger charge is 2.31. The molecule has 1 aliphatic rings. The molecule has 2 N–H and O–H groups in total. The second-order valence-corrected chi connectivity index (χ2v) is 9.25. The van der Waals surface area contributed by atoms with Crippen molar-refractivity contribution in [2.24, 2.45) is 0 Å². The Morgan fingerprint density at radius 2 is 2.05 bits per heavy atom. The second kappa shape index (κ2) is 6.04. The summed E-state index contributed by atoms with van der Waals surface area (Å²) in [6.07, 6.45) is 0.328. The smallest absolute Gasteiger partial charge is 0.240 e. The zero-order valence-electron chi connectivity index (χ0n) is 12.0. The molecule has 0 aromatic heterocycles. The van der Waals surface area contributed by atoms with Crippen molar-refractivity contribution >= 4 is 19.9 Å². The Morgan fingerprint density at radius 3 is 2.62 bits per heavy atom. The monoisotopic (exact) mass is 332 g/mol. The van der Waals surface area contributed by atoms with Crippen LogP contribution in [-0.4, -0.2) is 41.4 Å². The van der Waals surface area contributed by atoms with Crippen molar-refractivity contribution < 1.29 is 16.8 Å². The number of sulfonamides is 1. The van der Waals surface area contributed by atoms with Crippen LogP contribution in [0.4, 0.5) is 0 Å². The highest BCUT2D eigenvalue weighted by molar-refractivity contribution is 7.92. The second-order valence-electron chi connectivity index (χ2n) is 5.30. The van der Waals surface area contributed by atoms with Crippen LogP contribution in [0.25, 0.3) is 0 Å². The molecule has 0 bridgehead atoms. The van der Waals surface area contributed by atoms with Crippen LogP contribution in [0.5, 0.6) is 0 Å². The molecule has 1 aromatic rings. The fourth-order valence-corrected chi connectivity index (χ4v) is 5.40. The summed E-state index contributed by atoms with van der Waals surface area (Å²) in [5.41, 5.74) is 0.861. The van der Waals surface area contributed by atoms with Gasteiger partial charge in [0.2, 0.25) is 10.0 Å². The SMILES string of the molecule is CNC(C)c1cccc(S(=O)(=O)NC2CCS(=O)(=O)C2)c1. The maximum Gasteiger partial charge on any atom is 0.240 e. The van der Waals surface area contributed by atoms with Gasteiger partial charge in [-0.15, -0.1) is 0 Å². The number of hydrogen-bond donors (Lipinski definition) is 2. The van der Waals surface area contributed by atoms with Crippen molar-refractivity contribution in [3.05, 3.63) is 29.8 Å². The molecule has 1 aromatic carbocycles. The molecule has 0 spiro atoms. The molecule has 6 nitrogen and oxygen atoms in total. The number of benzene rings is 1. The lowest BCUT2D eigenvalue weighted by Gasteiger charge is -2.14. The van der Waals surface area contributed by atoms with Crippen LogP contribution < -0.4 is 10.0 Å². The van der Waals surface area contributed by atoms with E-state index in [0.717, 1.165) is 5.56 Å². The van der Waals surface area contributed by atoms with Crippen molar-refractivity contribution in [1.29, 1.82) is 0 Å². The number of sulfone groups is 1. The van der Waals surface area contributed by atoms with Gasteiger partial charge in [0.05, 0.1) is 16.4 Å². The Labute approximate surface area is 125 Å². The molecule has 0 aliphatic carbocycles. The van der Waals surface area contributed by atoms with Crippen LogP contribution in [-0.2, 0) is 19.9 Å². The van der Waals surface area contributed by atoms with Crippen molar-refractivity contribution in [2.75, 3.05) is 18.6 Å². The van der Waals surface area contributed by atoms with Gasteiger partial charge >= 0.3 is 0 Å². The lowest BCUT2D eigenvalue weighted by Crippen LogP contribution is -2.35. The van der Waals surface area contributed by atoms with Gasteiger partial charge in [-0.05, 0) is 38.1 Å². The van der Waals surface area contributed by atoms with Gasteiger partial charge < -0.3 is 5.32 Å². The molecule has 1 saturated heterocycles. The Bertz CT molecular complexity index is 713. The van der Waals surface area contributed by atoms with E-state index >= 15 is 0 Å². The van der Waals surface area contributed by atoms with Gasteiger partial charge in [-0.2, -0.15) is 0 Å². The maximum atomic E-state index is 12.3. The van der Waals surface area contributed by atoms with Crippen LogP contribution in [0.1, 0.15) is 24.9 Å². The highest BCUT2D eigenvalue weighted by Crippen LogP contribution is 2.19. The summed E-state index contributed by atoms with van der Waals surface area (Å²) in [4.78, 5) is 0.159. The first-order chi connectivity index (χ1) is 9.73. The first-order valence-electron chi connectivity index (χ1n) is 6.73. The molecule has 1 heterocycles. The Morgan fingerprint density at radius 1 is 1.33 bits per heavy atom. The standard InChI is InChI=1S/C13H20N2O4S2/c1-10(14-2)11-4-3-5-13(8-11)21(18,19)15-12-6-7-20(16,17)9-12/h3-5,8,10,12,14-15H,6-7,9H2,1-2H3. The van der Waals surface area contributed by atoms with E-state index in [1.165, 1.54) is 6.07 Å². The molecular formula is C13H20N2O4S2. The quantitative estimate of drug-likeness (QED) is 0.816. The summed E-state index contributed by atoms with van der Waals surface area (Å²) in [5, 5.41) is 3.05. The van der Waals surface area contributed by atoms with E-state index in [4.69, 9.17) is 0 Å². The van der Waals surface area contributed by atoms with Crippen molar-refractivity contribution in [2.45, 2.75) is 30.3 Å². The molecular weight excluding hydrogens is 312 g/mol. The van der Waals surface area contributed by atoms with Gasteiger partial charge in [0.25, 0.3) is 0 Å². The lowest BCUT2D eigenvalue weighted by atomic mass is 10.1. The van der Waals surface area contributed by atoms with Gasteiger partial charge in [0.1, 0.15) is 0 Å². The van der Waals surface area contributed by atoms with Crippen molar-refractivity contribution in [1.82, 2.24) is 10.0 Å². The van der Waals surface area contributed by atoms with Gasteiger partial charge in [0, 0.05) is 12.1 Å². The highest BCUT2D eigenvalue weighted by atomic mass is 32.2. The Hall–Kier alpha value is -0.960. The largest absolute Gasteiger partial charge is 0.313 e. The van der Waals surface area contributed by atoms with E-state index in [1.54, 1.807) is 19.2 Å². The minimum absolute atomic E-state index is 0.0343. The Balaban J connectivity index is 2.20. The van der Waals surface area contributed by atoms with Gasteiger partial charge in [-0.3, -0.25) is 0 Å². The third-order valence-electron chi connectivity index (χ3n) is 3.66. The zero-order valence-corrected chi connectivity index (χ0v) is 13.7. The minimum Gasteiger partial charge on any atom is -0.313 e. The molecule has 2 atom stereocenters. The number of nitrogens with one attached hydrogen (secondary N) is 2. The van der Waals surface area contributed by atoms with E-state index in [-0.39, 0.29) is 22.4 Å². The third-order valence-corrected chi connectivity index (χ3v) is 6.94. The molecule has 8 heteroatoms. The molecule has 0 saturated carbocycles. The molecule has 2 rings (SSSR count). The summed E-state index contributed by atoms with van der Waals surface area (Å²) in [5.74, 6) is -0.0874. The average molecular weight is 332 g/mol. The average Bonchev–Trinajstić information content (AvgIpc) is 2.76. The fraction of sp³-hybridized carbons (Fsp3) is 0.538. The minimum atomic E-state index is -3.70. The molecule has 2 unspecified atom stereocenters. The topological polar surface area (TPSA) is 92.3 Å². The number of hydrogen-bond acceptors (Lipinski definition) is 5. The summed E-state index contributed by atoms with van der Waals surface area (Å²) in [6.45, 7) is 1.93. The van der Waals surface area contributed by atoms with Gasteiger partial charge in [0.15, 0.2) is 9.84 Å². The fourth-order valence-electron chi connectivity index (χ4n) is 2.29. The predicted molar refractivity (Wildman–Crippen MR) is 81.3 cm³/mol. The van der Waals surface area contributed by atoms with E-state index in [1.807, 2.05) is 13.0 Å². The molecule has 0 radical (unpaired) electrons. The van der Waals surface area contributed by atoms with Crippen molar-refractivity contribution in [3.8, 4) is 0 Å². The summed E-state index contributed by atoms with van der Waals surface area (Å²) < 4.78 is 50.0. The first-order valence-corrected chi connectivity index (χ1v) is 10.0. The van der Waals surface area contributed by atoms with Crippen LogP contribution in [0.3, 0.4) is 0 Å². The third kappa shape index (κ3) is 4.03. The lowest BCUT2D eigenvalue weighted by molar-refractivity contribution is 0.562. The number of rotatable bonds is 5. The van der Waals surface area contributed by atoms with Gasteiger partial charge in [-0.25, -0.2) is 21.6 Å². The molecule has 1 fully saturated rings. The maximum absolute atomic E-state index is 12.3. The van der Waals surface area contributed by atoms with Gasteiger partial charge in [-0.1, -0.05) is 12.1 Å². The van der Waals surface area contributed by atoms with Crippen molar-refractivity contribution in [3.63, 3.8) is 0 Å².